The summed E-state index contributed by atoms with van der Waals surface area (Å²) in [5, 5.41) is 17.4. The summed E-state index contributed by atoms with van der Waals surface area (Å²) in [6.07, 6.45) is -0.663. The van der Waals surface area contributed by atoms with Crippen LogP contribution in [-0.4, -0.2) is 41.1 Å². The van der Waals surface area contributed by atoms with Gasteiger partial charge in [0.25, 0.3) is 0 Å². The highest BCUT2D eigenvalue weighted by Crippen LogP contribution is 2.34. The standard InChI is InChI=1S/C11H15BCl2N2O5/c1-11(2,3)20-10(17)16(4)7-5-6(21-12(18)19)8(13)9(14)15-7/h5,18-19H,1-4H3. The number of ether oxygens (including phenoxy) is 1. The van der Waals surface area contributed by atoms with Crippen molar-refractivity contribution in [3.8, 4) is 5.75 Å². The average molecular weight is 337 g/mol. The van der Waals surface area contributed by atoms with E-state index >= 15 is 0 Å². The number of amides is 1. The highest BCUT2D eigenvalue weighted by molar-refractivity contribution is 6.43. The molecule has 2 N–H and O–H groups in total. The average Bonchev–Trinajstić information content (AvgIpc) is 2.31. The van der Waals surface area contributed by atoms with E-state index in [1.54, 1.807) is 20.8 Å². The van der Waals surface area contributed by atoms with Crippen molar-refractivity contribution >= 4 is 42.4 Å². The fourth-order valence-corrected chi connectivity index (χ4v) is 1.58. The molecule has 7 nitrogen and oxygen atoms in total. The Balaban J connectivity index is 3.07. The van der Waals surface area contributed by atoms with Crippen LogP contribution in [0.5, 0.6) is 5.75 Å². The van der Waals surface area contributed by atoms with Crippen molar-refractivity contribution in [3.05, 3.63) is 16.2 Å². The maximum absolute atomic E-state index is 11.9. The second-order valence-corrected chi connectivity index (χ2v) is 5.80. The molecule has 10 heteroatoms. The van der Waals surface area contributed by atoms with Gasteiger partial charge in [-0.15, -0.1) is 0 Å². The van der Waals surface area contributed by atoms with Gasteiger partial charge in [-0.05, 0) is 20.8 Å². The Morgan fingerprint density at radius 1 is 1.38 bits per heavy atom. The van der Waals surface area contributed by atoms with Gasteiger partial charge >= 0.3 is 13.4 Å². The Morgan fingerprint density at radius 3 is 2.43 bits per heavy atom. The largest absolute Gasteiger partial charge is 0.707 e. The molecule has 0 radical (unpaired) electrons. The highest BCUT2D eigenvalue weighted by atomic mass is 35.5. The van der Waals surface area contributed by atoms with Gasteiger partial charge in [-0.3, -0.25) is 4.90 Å². The topological polar surface area (TPSA) is 92.1 Å². The Kier molecular flexibility index (Phi) is 5.69. The van der Waals surface area contributed by atoms with Crippen molar-refractivity contribution in [2.75, 3.05) is 11.9 Å². The third-order valence-corrected chi connectivity index (χ3v) is 2.85. The molecule has 1 rings (SSSR count). The lowest BCUT2D eigenvalue weighted by Gasteiger charge is -2.24. The van der Waals surface area contributed by atoms with Gasteiger partial charge in [0.1, 0.15) is 22.2 Å². The summed E-state index contributed by atoms with van der Waals surface area (Å²) in [5.74, 6) is -0.0497. The first kappa shape index (κ1) is 17.8. The van der Waals surface area contributed by atoms with E-state index in [0.717, 1.165) is 4.90 Å². The number of pyridine rings is 1. The first-order valence-corrected chi connectivity index (χ1v) is 6.62. The molecule has 1 heterocycles. The van der Waals surface area contributed by atoms with Crippen LogP contribution in [0.3, 0.4) is 0 Å². The molecule has 0 unspecified atom stereocenters. The summed E-state index contributed by atoms with van der Waals surface area (Å²) in [4.78, 5) is 16.9. The number of aromatic nitrogens is 1. The third kappa shape index (κ3) is 5.24. The van der Waals surface area contributed by atoms with Crippen molar-refractivity contribution in [2.45, 2.75) is 26.4 Å². The maximum Gasteiger partial charge on any atom is 0.707 e. The number of hydrogen-bond acceptors (Lipinski definition) is 6. The van der Waals surface area contributed by atoms with Crippen molar-refractivity contribution in [3.63, 3.8) is 0 Å². The van der Waals surface area contributed by atoms with Gasteiger partial charge in [-0.2, -0.15) is 0 Å². The van der Waals surface area contributed by atoms with E-state index in [0.29, 0.717) is 0 Å². The SMILES string of the molecule is CN(C(=O)OC(C)(C)C)c1cc(OB(O)O)c(Cl)c(Cl)n1. The fourth-order valence-electron chi connectivity index (χ4n) is 1.26. The van der Waals surface area contributed by atoms with E-state index in [4.69, 9.17) is 38.0 Å². The molecule has 21 heavy (non-hydrogen) atoms. The van der Waals surface area contributed by atoms with Gasteiger partial charge in [0.15, 0.2) is 5.15 Å². The van der Waals surface area contributed by atoms with E-state index in [9.17, 15) is 4.79 Å². The Morgan fingerprint density at radius 2 is 1.95 bits per heavy atom. The zero-order valence-corrected chi connectivity index (χ0v) is 13.4. The van der Waals surface area contributed by atoms with Crippen LogP contribution in [-0.2, 0) is 4.74 Å². The van der Waals surface area contributed by atoms with Gasteiger partial charge in [-0.1, -0.05) is 23.2 Å². The van der Waals surface area contributed by atoms with E-state index < -0.39 is 19.0 Å². The van der Waals surface area contributed by atoms with Crippen LogP contribution in [0.25, 0.3) is 0 Å². The van der Waals surface area contributed by atoms with Crippen LogP contribution < -0.4 is 9.55 Å². The van der Waals surface area contributed by atoms with Crippen LogP contribution in [0.15, 0.2) is 6.07 Å². The van der Waals surface area contributed by atoms with Gasteiger partial charge < -0.3 is 19.4 Å². The molecular formula is C11H15BCl2N2O5. The number of anilines is 1. The van der Waals surface area contributed by atoms with Crippen LogP contribution in [0.2, 0.25) is 10.2 Å². The summed E-state index contributed by atoms with van der Waals surface area (Å²) in [7, 11) is -0.666. The molecule has 1 amide bonds. The molecule has 0 atom stereocenters. The van der Waals surface area contributed by atoms with Crippen molar-refractivity contribution in [1.29, 1.82) is 0 Å². The Hall–Kier alpha value is -1.22. The molecule has 0 fully saturated rings. The highest BCUT2D eigenvalue weighted by Gasteiger charge is 2.24. The zero-order chi connectivity index (χ0) is 16.4. The van der Waals surface area contributed by atoms with Crippen LogP contribution in [0, 0.1) is 0 Å². The summed E-state index contributed by atoms with van der Waals surface area (Å²) >= 11 is 11.6. The second kappa shape index (κ2) is 6.70. The molecule has 0 aliphatic carbocycles. The lowest BCUT2D eigenvalue weighted by atomic mass is 10.2. The van der Waals surface area contributed by atoms with Gasteiger partial charge in [0.2, 0.25) is 0 Å². The smallest absolute Gasteiger partial charge is 0.510 e. The van der Waals surface area contributed by atoms with Gasteiger partial charge in [0, 0.05) is 13.1 Å². The van der Waals surface area contributed by atoms with Crippen molar-refractivity contribution < 1.29 is 24.2 Å². The lowest BCUT2D eigenvalue weighted by Crippen LogP contribution is -2.34. The Bertz CT molecular complexity index is 536. The van der Waals surface area contributed by atoms with Crippen LogP contribution in [0.1, 0.15) is 20.8 Å². The van der Waals surface area contributed by atoms with Crippen LogP contribution >= 0.6 is 23.2 Å². The molecule has 1 aromatic heterocycles. The molecule has 1 aromatic rings. The fraction of sp³-hybridized carbons (Fsp3) is 0.455. The molecule has 0 aliphatic heterocycles. The minimum absolute atomic E-state index is 0.0781. The lowest BCUT2D eigenvalue weighted by molar-refractivity contribution is 0.0588. The quantitative estimate of drug-likeness (QED) is 0.648. The number of halogens is 2. The second-order valence-electron chi connectivity index (χ2n) is 5.07. The number of carbonyl (C=O) groups excluding carboxylic acids is 1. The van der Waals surface area contributed by atoms with E-state index in [2.05, 4.69) is 9.64 Å². The van der Waals surface area contributed by atoms with Gasteiger partial charge in [-0.25, -0.2) is 9.78 Å². The molecular weight excluding hydrogens is 322 g/mol. The molecule has 0 aliphatic rings. The number of carbonyl (C=O) groups is 1. The first-order chi connectivity index (χ1) is 9.51. The number of rotatable bonds is 3. The molecule has 0 saturated heterocycles. The summed E-state index contributed by atoms with van der Waals surface area (Å²) in [5.41, 5.74) is -0.678. The molecule has 0 saturated carbocycles. The predicted molar refractivity (Wildman–Crippen MR) is 79.7 cm³/mol. The van der Waals surface area contributed by atoms with E-state index in [1.807, 2.05) is 0 Å². The normalized spacial score (nSPS) is 11.0. The summed E-state index contributed by atoms with van der Waals surface area (Å²) in [6, 6.07) is 1.23. The predicted octanol–water partition coefficient (Wildman–Crippen LogP) is 2.11. The first-order valence-electron chi connectivity index (χ1n) is 5.87. The molecule has 0 spiro atoms. The number of nitrogens with zero attached hydrogens (tertiary/aromatic N) is 2. The van der Waals surface area contributed by atoms with E-state index in [-0.39, 0.29) is 21.7 Å². The zero-order valence-electron chi connectivity index (χ0n) is 11.9. The molecule has 116 valence electrons. The summed E-state index contributed by atoms with van der Waals surface area (Å²) < 4.78 is 9.85. The van der Waals surface area contributed by atoms with Crippen molar-refractivity contribution in [1.82, 2.24) is 4.98 Å². The van der Waals surface area contributed by atoms with Crippen LogP contribution in [0.4, 0.5) is 10.6 Å². The van der Waals surface area contributed by atoms with Gasteiger partial charge in [0.05, 0.1) is 0 Å². The molecule has 0 aromatic carbocycles. The molecule has 0 bridgehead atoms. The van der Waals surface area contributed by atoms with Crippen molar-refractivity contribution in [2.24, 2.45) is 0 Å². The minimum Gasteiger partial charge on any atom is -0.510 e. The maximum atomic E-state index is 11.9. The monoisotopic (exact) mass is 336 g/mol. The third-order valence-electron chi connectivity index (χ3n) is 2.11. The summed E-state index contributed by atoms with van der Waals surface area (Å²) in [6.45, 7) is 5.16. The minimum atomic E-state index is -2.08. The Labute approximate surface area is 132 Å². The van der Waals surface area contributed by atoms with E-state index in [1.165, 1.54) is 13.1 Å². The number of hydrogen-bond donors (Lipinski definition) is 2.